The summed E-state index contributed by atoms with van der Waals surface area (Å²) < 4.78 is 21.2. The van der Waals surface area contributed by atoms with E-state index in [1.54, 1.807) is 7.05 Å². The van der Waals surface area contributed by atoms with Gasteiger partial charge in [0.15, 0.2) is 0 Å². The second kappa shape index (κ2) is 12.7. The van der Waals surface area contributed by atoms with Crippen LogP contribution in [0.5, 0.6) is 0 Å². The van der Waals surface area contributed by atoms with E-state index in [-0.39, 0.29) is 75.5 Å². The summed E-state index contributed by atoms with van der Waals surface area (Å²) in [6, 6.07) is 0. The number of hydrogen-bond donors (Lipinski definition) is 1. The number of amides is 1. The van der Waals surface area contributed by atoms with Gasteiger partial charge in [0, 0.05) is 7.05 Å². The van der Waals surface area contributed by atoms with Crippen molar-refractivity contribution >= 4 is 97.5 Å². The average Bonchev–Trinajstić information content (AvgIpc) is 1.80. The maximum absolute atomic E-state index is 9.32. The van der Waals surface area contributed by atoms with Gasteiger partial charge in [-0.25, -0.2) is 0 Å². The fraction of sp³-hybridized carbons (Fsp3) is 0.500. The van der Waals surface area contributed by atoms with Crippen molar-refractivity contribution in [1.82, 2.24) is 5.32 Å². The van der Waals surface area contributed by atoms with Crippen molar-refractivity contribution in [3.05, 3.63) is 0 Å². The molecular weight excluding hydrogens is 308 g/mol. The molecule has 0 saturated carbocycles. The van der Waals surface area contributed by atoms with Crippen LogP contribution in [0.2, 0.25) is 0 Å². The number of rotatable bonds is 3. The maximum atomic E-state index is 9.32. The van der Waals surface area contributed by atoms with Crippen molar-refractivity contribution in [1.29, 1.82) is 0 Å². The quantitative estimate of drug-likeness (QED) is 0.308. The van der Waals surface area contributed by atoms with Crippen LogP contribution in [-0.4, -0.2) is 88.9 Å². The fourth-order valence-corrected chi connectivity index (χ4v) is 1.10. The zero-order valence-electron chi connectivity index (χ0n) is 7.65. The molecule has 0 saturated heterocycles. The first-order chi connectivity index (χ1) is 5.62. The summed E-state index contributed by atoms with van der Waals surface area (Å²) in [6.45, 7) is 0. The van der Waals surface area contributed by atoms with E-state index < -0.39 is 15.6 Å². The minimum Gasteiger partial charge on any atom is -0.790 e. The Hall–Kier alpha value is 2.25. The summed E-state index contributed by atoms with van der Waals surface area (Å²) in [5.41, 5.74) is 0. The molecule has 0 aromatic heterocycles. The topological polar surface area (TPSA) is 165 Å². The van der Waals surface area contributed by atoms with Crippen molar-refractivity contribution in [3.8, 4) is 0 Å². The molecule has 1 N–H and O–H groups in total. The third-order valence-corrected chi connectivity index (χ3v) is 1.92. The monoisotopic (exact) mass is 313 g/mol. The SMILES string of the molecule is CNC=O.O=P([O-])([O-])OP(=O)([O-])[O-].[Ca+2].[Ca+2]. The van der Waals surface area contributed by atoms with Gasteiger partial charge in [-0.05, 0) is 0 Å². The van der Waals surface area contributed by atoms with Crippen LogP contribution in [0.15, 0.2) is 0 Å². The summed E-state index contributed by atoms with van der Waals surface area (Å²) in [5, 5.41) is 2.25. The fourth-order valence-electron chi connectivity index (χ4n) is 0.122. The molecule has 0 aromatic rings. The minimum absolute atomic E-state index is 0. The van der Waals surface area contributed by atoms with Crippen LogP contribution in [0, 0.1) is 0 Å². The van der Waals surface area contributed by atoms with Gasteiger partial charge < -0.3 is 38.3 Å². The number of hydrogen-bond acceptors (Lipinski definition) is 8. The normalized spacial score (nSPS) is 9.67. The van der Waals surface area contributed by atoms with Gasteiger partial charge in [0.05, 0.1) is 15.6 Å². The van der Waals surface area contributed by atoms with Gasteiger partial charge in [0.25, 0.3) is 0 Å². The van der Waals surface area contributed by atoms with E-state index >= 15 is 0 Å². The molecule has 0 aliphatic rings. The van der Waals surface area contributed by atoms with Gasteiger partial charge in [-0.2, -0.15) is 0 Å². The first kappa shape index (κ1) is 25.9. The molecule has 80 valence electrons. The first-order valence-corrected chi connectivity index (χ1v) is 5.41. The van der Waals surface area contributed by atoms with E-state index in [0.717, 1.165) is 0 Å². The molecule has 0 spiro atoms. The predicted molar refractivity (Wildman–Crippen MR) is 42.9 cm³/mol. The van der Waals surface area contributed by atoms with Gasteiger partial charge in [0.1, 0.15) is 0 Å². The van der Waals surface area contributed by atoms with Crippen LogP contribution < -0.4 is 24.9 Å². The van der Waals surface area contributed by atoms with E-state index in [0.29, 0.717) is 6.41 Å². The zero-order chi connectivity index (χ0) is 11.1. The number of nitrogens with one attached hydrogen (secondary N) is 1. The second-order valence-corrected chi connectivity index (χ2v) is 3.82. The van der Waals surface area contributed by atoms with Crippen LogP contribution in [0.1, 0.15) is 0 Å². The van der Waals surface area contributed by atoms with Crippen molar-refractivity contribution < 1.29 is 37.8 Å². The van der Waals surface area contributed by atoms with Crippen molar-refractivity contribution in [2.45, 2.75) is 0 Å². The largest absolute Gasteiger partial charge is 2.00 e. The van der Waals surface area contributed by atoms with Crippen LogP contribution in [0.4, 0.5) is 0 Å². The molecule has 0 fully saturated rings. The van der Waals surface area contributed by atoms with E-state index in [9.17, 15) is 28.7 Å². The second-order valence-electron chi connectivity index (χ2n) is 1.38. The molecular formula is C2H5Ca2NO8P2. The van der Waals surface area contributed by atoms with Gasteiger partial charge in [-0.15, -0.1) is 0 Å². The van der Waals surface area contributed by atoms with Crippen molar-refractivity contribution in [2.24, 2.45) is 0 Å². The summed E-state index contributed by atoms with van der Waals surface area (Å²) in [7, 11) is -9.79. The summed E-state index contributed by atoms with van der Waals surface area (Å²) in [5.74, 6) is 0. The van der Waals surface area contributed by atoms with Crippen LogP contribution in [-0.2, 0) is 18.2 Å². The molecule has 13 heteroatoms. The molecule has 15 heavy (non-hydrogen) atoms. The molecule has 9 nitrogen and oxygen atoms in total. The third kappa shape index (κ3) is 38.6. The average molecular weight is 313 g/mol. The minimum atomic E-state index is -5.68. The van der Waals surface area contributed by atoms with Crippen LogP contribution >= 0.6 is 15.6 Å². The Morgan fingerprint density at radius 3 is 1.27 bits per heavy atom. The Morgan fingerprint density at radius 1 is 1.07 bits per heavy atom. The van der Waals surface area contributed by atoms with Gasteiger partial charge >= 0.3 is 75.5 Å². The third-order valence-electron chi connectivity index (χ3n) is 0.318. The summed E-state index contributed by atoms with van der Waals surface area (Å²) >= 11 is 0. The molecule has 0 heterocycles. The smallest absolute Gasteiger partial charge is 0.790 e. The Balaban J connectivity index is -0.0000000883. The number of phosphoric acid groups is 2. The molecule has 0 atom stereocenters. The standard InChI is InChI=1S/C2H5NO.2Ca.H4O7P2/c1-3-2-4;;;1-8(2,3)7-9(4,5)6/h2H,1H3,(H,3,4);;;(H2,1,2,3)(H2,4,5,6)/q;2*+2;/p-4. The number of carbonyl (C=O) groups excluding carboxylic acids is 1. The molecule has 0 bridgehead atoms. The van der Waals surface area contributed by atoms with Crippen molar-refractivity contribution in [2.75, 3.05) is 7.05 Å². The summed E-state index contributed by atoms with van der Waals surface area (Å²) in [6.07, 6.45) is 0.625. The molecule has 0 aliphatic heterocycles. The maximum Gasteiger partial charge on any atom is 2.00 e. The Labute approximate surface area is 145 Å². The van der Waals surface area contributed by atoms with Crippen LogP contribution in [0.3, 0.4) is 0 Å². The van der Waals surface area contributed by atoms with Gasteiger partial charge in [0.2, 0.25) is 6.41 Å². The van der Waals surface area contributed by atoms with Crippen molar-refractivity contribution in [3.63, 3.8) is 0 Å². The van der Waals surface area contributed by atoms with E-state index in [4.69, 9.17) is 4.79 Å². The van der Waals surface area contributed by atoms with Gasteiger partial charge in [-0.1, -0.05) is 0 Å². The molecule has 0 unspecified atom stereocenters. The zero-order valence-corrected chi connectivity index (χ0v) is 13.9. The van der Waals surface area contributed by atoms with E-state index in [1.165, 1.54) is 0 Å². The van der Waals surface area contributed by atoms with Gasteiger partial charge in [-0.3, -0.25) is 4.79 Å². The molecule has 0 aliphatic carbocycles. The van der Waals surface area contributed by atoms with E-state index in [2.05, 4.69) is 9.63 Å². The predicted octanol–water partition coefficient (Wildman–Crippen LogP) is -4.74. The molecule has 0 radical (unpaired) electrons. The Kier molecular flexibility index (Phi) is 22.0. The molecule has 0 aromatic carbocycles. The summed E-state index contributed by atoms with van der Waals surface area (Å²) in [4.78, 5) is 46.4. The van der Waals surface area contributed by atoms with Crippen LogP contribution in [0.25, 0.3) is 0 Å². The Morgan fingerprint density at radius 2 is 1.27 bits per heavy atom. The van der Waals surface area contributed by atoms with E-state index in [1.807, 2.05) is 0 Å². The number of carbonyl (C=O) groups is 1. The Bertz CT molecular complexity index is 215. The first-order valence-electron chi connectivity index (χ1n) is 2.48. The molecule has 1 amide bonds. The molecule has 0 rings (SSSR count).